The Kier molecular flexibility index (Phi) is 6.77. The summed E-state index contributed by atoms with van der Waals surface area (Å²) >= 11 is 0. The zero-order valence-electron chi connectivity index (χ0n) is 10.5. The highest BCUT2D eigenvalue weighted by molar-refractivity contribution is 4.89. The van der Waals surface area contributed by atoms with E-state index in [1.807, 2.05) is 6.08 Å². The van der Waals surface area contributed by atoms with Gasteiger partial charge in [-0.3, -0.25) is 0 Å². The number of aliphatic hydroxyl groups is 4. The van der Waals surface area contributed by atoms with Gasteiger partial charge in [-0.05, 0) is 6.42 Å². The molecule has 106 valence electrons. The Morgan fingerprint density at radius 1 is 1.11 bits per heavy atom. The van der Waals surface area contributed by atoms with E-state index in [0.717, 1.165) is 12.8 Å². The van der Waals surface area contributed by atoms with Crippen molar-refractivity contribution in [3.8, 4) is 0 Å². The molecular weight excluding hydrogens is 240 g/mol. The molecule has 0 aromatic heterocycles. The normalized spacial score (nSPS) is 37.3. The minimum atomic E-state index is -1.39. The van der Waals surface area contributed by atoms with Crippen LogP contribution in [-0.2, 0) is 9.47 Å². The fraction of sp³-hybridized carbons (Fsp3) is 0.833. The molecule has 0 spiro atoms. The first-order chi connectivity index (χ1) is 8.61. The van der Waals surface area contributed by atoms with Gasteiger partial charge in [0.05, 0.1) is 13.2 Å². The van der Waals surface area contributed by atoms with Crippen molar-refractivity contribution in [2.75, 3.05) is 13.2 Å². The van der Waals surface area contributed by atoms with Crippen molar-refractivity contribution in [2.45, 2.75) is 50.5 Å². The van der Waals surface area contributed by atoms with Crippen LogP contribution in [0.5, 0.6) is 0 Å². The van der Waals surface area contributed by atoms with Crippen LogP contribution in [-0.4, -0.2) is 64.3 Å². The van der Waals surface area contributed by atoms with Crippen LogP contribution in [0.3, 0.4) is 0 Å². The third-order valence-corrected chi connectivity index (χ3v) is 2.83. The highest BCUT2D eigenvalue weighted by atomic mass is 16.7. The van der Waals surface area contributed by atoms with E-state index in [0.29, 0.717) is 0 Å². The summed E-state index contributed by atoms with van der Waals surface area (Å²) in [6.07, 6.45) is -0.313. The molecule has 0 aromatic rings. The summed E-state index contributed by atoms with van der Waals surface area (Å²) in [6, 6.07) is 0. The summed E-state index contributed by atoms with van der Waals surface area (Å²) in [6.45, 7) is 1.85. The zero-order chi connectivity index (χ0) is 13.5. The number of rotatable bonds is 6. The van der Waals surface area contributed by atoms with E-state index >= 15 is 0 Å². The number of unbranched alkanes of at least 4 members (excludes halogenated alkanes) is 1. The Balaban J connectivity index is 2.44. The average molecular weight is 262 g/mol. The fourth-order valence-electron chi connectivity index (χ4n) is 1.71. The summed E-state index contributed by atoms with van der Waals surface area (Å²) < 4.78 is 10.4. The molecular formula is C12H22O6. The Morgan fingerprint density at radius 3 is 2.44 bits per heavy atom. The second-order valence-corrected chi connectivity index (χ2v) is 4.29. The first kappa shape index (κ1) is 15.6. The van der Waals surface area contributed by atoms with Crippen LogP contribution < -0.4 is 0 Å². The monoisotopic (exact) mass is 262 g/mol. The molecule has 1 fully saturated rings. The van der Waals surface area contributed by atoms with Gasteiger partial charge in [-0.1, -0.05) is 25.5 Å². The Labute approximate surface area is 106 Å². The minimum Gasteiger partial charge on any atom is -0.394 e. The smallest absolute Gasteiger partial charge is 0.187 e. The van der Waals surface area contributed by atoms with Gasteiger partial charge in [0.2, 0.25) is 0 Å². The summed E-state index contributed by atoms with van der Waals surface area (Å²) in [5, 5.41) is 37.7. The largest absolute Gasteiger partial charge is 0.394 e. The Bertz CT molecular complexity index is 255. The van der Waals surface area contributed by atoms with Crippen molar-refractivity contribution in [1.29, 1.82) is 0 Å². The van der Waals surface area contributed by atoms with Gasteiger partial charge in [-0.25, -0.2) is 0 Å². The van der Waals surface area contributed by atoms with Gasteiger partial charge in [-0.2, -0.15) is 0 Å². The molecule has 1 heterocycles. The van der Waals surface area contributed by atoms with Gasteiger partial charge in [0.15, 0.2) is 6.29 Å². The second kappa shape index (κ2) is 7.83. The quantitative estimate of drug-likeness (QED) is 0.466. The molecule has 0 amide bonds. The Morgan fingerprint density at radius 2 is 1.83 bits per heavy atom. The number of allylic oxidation sites excluding steroid dienone is 1. The molecule has 0 radical (unpaired) electrons. The third kappa shape index (κ3) is 4.01. The molecule has 1 aliphatic heterocycles. The SMILES string of the molecule is CCCC=CCO[C@@H]1O[C@H](CO)[C@@H](O)[C@H](O)[C@H]1O. The van der Waals surface area contributed by atoms with Crippen LogP contribution in [0.25, 0.3) is 0 Å². The second-order valence-electron chi connectivity index (χ2n) is 4.29. The van der Waals surface area contributed by atoms with Gasteiger partial charge in [0.1, 0.15) is 24.4 Å². The average Bonchev–Trinajstić information content (AvgIpc) is 2.38. The molecule has 0 saturated carbocycles. The summed E-state index contributed by atoms with van der Waals surface area (Å²) in [7, 11) is 0. The summed E-state index contributed by atoms with van der Waals surface area (Å²) in [4.78, 5) is 0. The van der Waals surface area contributed by atoms with E-state index in [1.54, 1.807) is 6.08 Å². The van der Waals surface area contributed by atoms with E-state index in [4.69, 9.17) is 14.6 Å². The highest BCUT2D eigenvalue weighted by Crippen LogP contribution is 2.21. The van der Waals surface area contributed by atoms with Gasteiger partial charge in [0.25, 0.3) is 0 Å². The predicted molar refractivity (Wildman–Crippen MR) is 63.8 cm³/mol. The van der Waals surface area contributed by atoms with Crippen molar-refractivity contribution >= 4 is 0 Å². The standard InChI is InChI=1S/C12H22O6/c1-2-3-4-5-6-17-12-11(16)10(15)9(14)8(7-13)18-12/h4-5,8-16H,2-3,6-7H2,1H3/t8-,9-,10+,11-,12-/m1/s1. The van der Waals surface area contributed by atoms with Crippen LogP contribution in [0.15, 0.2) is 12.2 Å². The van der Waals surface area contributed by atoms with Crippen LogP contribution in [0.2, 0.25) is 0 Å². The van der Waals surface area contributed by atoms with Gasteiger partial charge >= 0.3 is 0 Å². The van der Waals surface area contributed by atoms with Crippen molar-refractivity contribution in [2.24, 2.45) is 0 Å². The lowest BCUT2D eigenvalue weighted by Crippen LogP contribution is -2.59. The maximum atomic E-state index is 9.66. The molecule has 6 nitrogen and oxygen atoms in total. The van der Waals surface area contributed by atoms with E-state index in [-0.39, 0.29) is 6.61 Å². The molecule has 1 rings (SSSR count). The maximum Gasteiger partial charge on any atom is 0.187 e. The lowest BCUT2D eigenvalue weighted by atomic mass is 9.99. The topological polar surface area (TPSA) is 99.4 Å². The van der Waals surface area contributed by atoms with E-state index in [2.05, 4.69) is 6.92 Å². The van der Waals surface area contributed by atoms with Crippen molar-refractivity contribution < 1.29 is 29.9 Å². The molecule has 0 unspecified atom stereocenters. The fourth-order valence-corrected chi connectivity index (χ4v) is 1.71. The first-order valence-corrected chi connectivity index (χ1v) is 6.19. The van der Waals surface area contributed by atoms with E-state index in [9.17, 15) is 15.3 Å². The molecule has 4 N–H and O–H groups in total. The molecule has 6 heteroatoms. The lowest BCUT2D eigenvalue weighted by Gasteiger charge is -2.39. The minimum absolute atomic E-state index is 0.239. The third-order valence-electron chi connectivity index (χ3n) is 2.83. The van der Waals surface area contributed by atoms with E-state index in [1.165, 1.54) is 0 Å². The van der Waals surface area contributed by atoms with Crippen LogP contribution in [0.4, 0.5) is 0 Å². The molecule has 18 heavy (non-hydrogen) atoms. The van der Waals surface area contributed by atoms with E-state index < -0.39 is 37.3 Å². The lowest BCUT2D eigenvalue weighted by molar-refractivity contribution is -0.298. The number of ether oxygens (including phenoxy) is 2. The Hall–Kier alpha value is -0.500. The van der Waals surface area contributed by atoms with Gasteiger partial charge < -0.3 is 29.9 Å². The summed E-state index contributed by atoms with van der Waals surface area (Å²) in [5.41, 5.74) is 0. The molecule has 5 atom stereocenters. The van der Waals surface area contributed by atoms with Gasteiger partial charge in [0, 0.05) is 0 Å². The number of hydrogen-bond donors (Lipinski definition) is 4. The van der Waals surface area contributed by atoms with Crippen LogP contribution in [0.1, 0.15) is 19.8 Å². The van der Waals surface area contributed by atoms with Crippen molar-refractivity contribution in [3.63, 3.8) is 0 Å². The molecule has 1 saturated heterocycles. The van der Waals surface area contributed by atoms with Crippen molar-refractivity contribution in [1.82, 2.24) is 0 Å². The summed E-state index contributed by atoms with van der Waals surface area (Å²) in [5.74, 6) is 0. The van der Waals surface area contributed by atoms with Crippen LogP contribution >= 0.6 is 0 Å². The van der Waals surface area contributed by atoms with Crippen LogP contribution in [0, 0.1) is 0 Å². The molecule has 1 aliphatic rings. The molecule has 0 bridgehead atoms. The first-order valence-electron chi connectivity index (χ1n) is 6.19. The molecule has 0 aromatic carbocycles. The zero-order valence-corrected chi connectivity index (χ0v) is 10.5. The maximum absolute atomic E-state index is 9.66. The number of hydrogen-bond acceptors (Lipinski definition) is 6. The van der Waals surface area contributed by atoms with Crippen molar-refractivity contribution in [3.05, 3.63) is 12.2 Å². The van der Waals surface area contributed by atoms with Gasteiger partial charge in [-0.15, -0.1) is 0 Å². The predicted octanol–water partition coefficient (Wildman–Crippen LogP) is -0.841. The highest BCUT2D eigenvalue weighted by Gasteiger charge is 2.43. The molecule has 0 aliphatic carbocycles. The number of aliphatic hydroxyl groups excluding tert-OH is 4.